The average Bonchev–Trinajstić information content (AvgIpc) is 2.92. The first-order chi connectivity index (χ1) is 9.81. The summed E-state index contributed by atoms with van der Waals surface area (Å²) >= 11 is 0. The Kier molecular flexibility index (Phi) is 4.05. The number of hydrogen-bond acceptors (Lipinski definition) is 5. The van der Waals surface area contributed by atoms with Gasteiger partial charge in [0.05, 0.1) is 23.2 Å². The number of rotatable bonds is 5. The highest BCUT2D eigenvalue weighted by Crippen LogP contribution is 2.19. The molecule has 2 rings (SSSR count). The molecule has 2 aromatic rings. The summed E-state index contributed by atoms with van der Waals surface area (Å²) in [5.41, 5.74) is -0.773. The van der Waals surface area contributed by atoms with Gasteiger partial charge in [0.25, 0.3) is 0 Å². The summed E-state index contributed by atoms with van der Waals surface area (Å²) in [7, 11) is -4.00. The molecule has 1 aromatic carbocycles. The van der Waals surface area contributed by atoms with E-state index in [4.69, 9.17) is 9.63 Å². The zero-order valence-corrected chi connectivity index (χ0v) is 11.6. The van der Waals surface area contributed by atoms with Crippen molar-refractivity contribution in [2.24, 2.45) is 0 Å². The lowest BCUT2D eigenvalue weighted by Crippen LogP contribution is -2.23. The molecule has 0 aliphatic carbocycles. The van der Waals surface area contributed by atoms with Crippen LogP contribution in [0.2, 0.25) is 0 Å². The van der Waals surface area contributed by atoms with Gasteiger partial charge in [-0.1, -0.05) is 5.16 Å². The van der Waals surface area contributed by atoms with E-state index in [0.717, 1.165) is 12.1 Å². The number of hydrogen-bond donors (Lipinski definition) is 2. The second-order valence-electron chi connectivity index (χ2n) is 4.21. The first-order valence-corrected chi connectivity index (χ1v) is 7.22. The minimum Gasteiger partial charge on any atom is -0.478 e. The maximum Gasteiger partial charge on any atom is 0.338 e. The molecule has 9 heteroatoms. The fraction of sp³-hybridized carbons (Fsp3) is 0.167. The Labute approximate surface area is 119 Å². The lowest BCUT2D eigenvalue weighted by atomic mass is 10.1. The Hall–Kier alpha value is -2.26. The Balaban J connectivity index is 2.33. The topological polar surface area (TPSA) is 110 Å². The van der Waals surface area contributed by atoms with Gasteiger partial charge in [0.15, 0.2) is 5.76 Å². The van der Waals surface area contributed by atoms with E-state index in [1.54, 1.807) is 0 Å². The molecule has 0 bridgehead atoms. The molecule has 0 atom stereocenters. The van der Waals surface area contributed by atoms with Crippen molar-refractivity contribution in [2.45, 2.75) is 18.4 Å². The Morgan fingerprint density at radius 2 is 2.19 bits per heavy atom. The van der Waals surface area contributed by atoms with Crippen molar-refractivity contribution in [3.8, 4) is 0 Å². The predicted octanol–water partition coefficient (Wildman–Crippen LogP) is 1.30. The fourth-order valence-corrected chi connectivity index (χ4v) is 2.73. The largest absolute Gasteiger partial charge is 0.478 e. The van der Waals surface area contributed by atoms with Crippen molar-refractivity contribution in [2.75, 3.05) is 0 Å². The zero-order chi connectivity index (χ0) is 15.6. The van der Waals surface area contributed by atoms with E-state index in [-0.39, 0.29) is 22.8 Å². The number of aromatic nitrogens is 1. The molecule has 0 aliphatic heterocycles. The van der Waals surface area contributed by atoms with Gasteiger partial charge in [-0.05, 0) is 24.6 Å². The van der Waals surface area contributed by atoms with Crippen LogP contribution in [0.5, 0.6) is 0 Å². The number of aryl methyl sites for hydroxylation is 1. The molecule has 0 amide bonds. The molecular weight excluding hydrogens is 303 g/mol. The molecule has 0 aliphatic rings. The third-order valence-electron chi connectivity index (χ3n) is 2.70. The van der Waals surface area contributed by atoms with Gasteiger partial charge in [-0.3, -0.25) is 0 Å². The summed E-state index contributed by atoms with van der Waals surface area (Å²) in [6.07, 6.45) is 1.36. The highest BCUT2D eigenvalue weighted by molar-refractivity contribution is 7.89. The van der Waals surface area contributed by atoms with E-state index in [9.17, 15) is 17.6 Å². The van der Waals surface area contributed by atoms with E-state index >= 15 is 0 Å². The van der Waals surface area contributed by atoms with Crippen molar-refractivity contribution in [1.82, 2.24) is 9.88 Å². The van der Waals surface area contributed by atoms with Crippen molar-refractivity contribution < 1.29 is 27.2 Å². The number of nitrogens with zero attached hydrogens (tertiary/aromatic N) is 1. The number of carbonyl (C=O) groups is 1. The van der Waals surface area contributed by atoms with Crippen LogP contribution >= 0.6 is 0 Å². The van der Waals surface area contributed by atoms with Gasteiger partial charge in [-0.15, -0.1) is 0 Å². The Morgan fingerprint density at radius 1 is 1.48 bits per heavy atom. The quantitative estimate of drug-likeness (QED) is 0.861. The van der Waals surface area contributed by atoms with Gasteiger partial charge in [-0.25, -0.2) is 22.3 Å². The van der Waals surface area contributed by atoms with Crippen LogP contribution in [-0.4, -0.2) is 24.7 Å². The lowest BCUT2D eigenvalue weighted by Gasteiger charge is -2.08. The minimum atomic E-state index is -4.00. The molecule has 0 saturated carbocycles. The fourth-order valence-electron chi connectivity index (χ4n) is 1.63. The number of benzene rings is 1. The number of sulfonamides is 1. The minimum absolute atomic E-state index is 0.0741. The average molecular weight is 314 g/mol. The normalized spacial score (nSPS) is 11.5. The highest BCUT2D eigenvalue weighted by atomic mass is 32.2. The van der Waals surface area contributed by atoms with Gasteiger partial charge in [0.1, 0.15) is 5.82 Å². The van der Waals surface area contributed by atoms with Gasteiger partial charge < -0.3 is 9.63 Å². The zero-order valence-electron chi connectivity index (χ0n) is 10.8. The molecule has 0 radical (unpaired) electrons. The summed E-state index contributed by atoms with van der Waals surface area (Å²) in [5.74, 6) is -2.21. The van der Waals surface area contributed by atoms with Crippen LogP contribution in [0.3, 0.4) is 0 Å². The van der Waals surface area contributed by atoms with Crippen molar-refractivity contribution in [3.05, 3.63) is 47.1 Å². The van der Waals surface area contributed by atoms with Crippen LogP contribution in [0.4, 0.5) is 4.39 Å². The van der Waals surface area contributed by atoms with Crippen LogP contribution in [0.1, 0.15) is 21.7 Å². The van der Waals surface area contributed by atoms with Gasteiger partial charge >= 0.3 is 5.97 Å². The SMILES string of the molecule is Cc1cc(S(=O)(=O)NCc2ccno2)cc(C(=O)O)c1F. The van der Waals surface area contributed by atoms with Crippen LogP contribution in [0.15, 0.2) is 33.8 Å². The number of nitrogens with one attached hydrogen (secondary N) is 1. The molecule has 0 fully saturated rings. The van der Waals surface area contributed by atoms with Crippen LogP contribution in [0, 0.1) is 12.7 Å². The van der Waals surface area contributed by atoms with E-state index in [1.807, 2.05) is 0 Å². The summed E-state index contributed by atoms with van der Waals surface area (Å²) in [6.45, 7) is 1.14. The predicted molar refractivity (Wildman–Crippen MR) is 68.6 cm³/mol. The summed E-state index contributed by atoms with van der Waals surface area (Å²) < 4.78 is 44.7. The lowest BCUT2D eigenvalue weighted by molar-refractivity contribution is 0.0691. The number of halogens is 1. The summed E-state index contributed by atoms with van der Waals surface area (Å²) in [6, 6.07) is 3.30. The van der Waals surface area contributed by atoms with Crippen molar-refractivity contribution >= 4 is 16.0 Å². The van der Waals surface area contributed by atoms with E-state index < -0.39 is 27.4 Å². The van der Waals surface area contributed by atoms with E-state index in [0.29, 0.717) is 0 Å². The molecule has 1 aromatic heterocycles. The van der Waals surface area contributed by atoms with Crippen LogP contribution in [-0.2, 0) is 16.6 Å². The second-order valence-corrected chi connectivity index (χ2v) is 5.98. The first-order valence-electron chi connectivity index (χ1n) is 5.74. The van der Waals surface area contributed by atoms with Gasteiger partial charge in [0.2, 0.25) is 10.0 Å². The van der Waals surface area contributed by atoms with E-state index in [2.05, 4.69) is 9.88 Å². The number of carboxylic acids is 1. The third-order valence-corrected chi connectivity index (χ3v) is 4.08. The molecule has 7 nitrogen and oxygen atoms in total. The maximum atomic E-state index is 13.6. The number of aromatic carboxylic acids is 1. The standard InChI is InChI=1S/C12H11FN2O5S/c1-7-4-9(5-10(11(7)13)12(16)17)21(18,19)15-6-8-2-3-14-20-8/h2-5,15H,6H2,1H3,(H,16,17). The Morgan fingerprint density at radius 3 is 2.76 bits per heavy atom. The van der Waals surface area contributed by atoms with Crippen LogP contribution < -0.4 is 4.72 Å². The smallest absolute Gasteiger partial charge is 0.338 e. The van der Waals surface area contributed by atoms with Gasteiger partial charge in [-0.2, -0.15) is 0 Å². The van der Waals surface area contributed by atoms with Crippen molar-refractivity contribution in [1.29, 1.82) is 0 Å². The summed E-state index contributed by atoms with van der Waals surface area (Å²) in [5, 5.41) is 12.3. The first kappa shape index (κ1) is 15.1. The highest BCUT2D eigenvalue weighted by Gasteiger charge is 2.21. The summed E-state index contributed by atoms with van der Waals surface area (Å²) in [4.78, 5) is 10.6. The van der Waals surface area contributed by atoms with Crippen molar-refractivity contribution in [3.63, 3.8) is 0 Å². The second kappa shape index (κ2) is 5.62. The monoisotopic (exact) mass is 314 g/mol. The maximum absolute atomic E-state index is 13.6. The molecule has 21 heavy (non-hydrogen) atoms. The third kappa shape index (κ3) is 3.26. The Bertz CT molecular complexity index is 771. The van der Waals surface area contributed by atoms with E-state index in [1.165, 1.54) is 19.2 Å². The van der Waals surface area contributed by atoms with Crippen LogP contribution in [0.25, 0.3) is 0 Å². The van der Waals surface area contributed by atoms with Gasteiger partial charge in [0, 0.05) is 6.07 Å². The molecule has 2 N–H and O–H groups in total. The molecule has 112 valence electrons. The molecule has 0 unspecified atom stereocenters. The molecule has 0 spiro atoms. The number of carboxylic acid groups (broad SMARTS) is 1. The molecule has 1 heterocycles. The molecule has 0 saturated heterocycles. The molecular formula is C12H11FN2O5S.